The van der Waals surface area contributed by atoms with Gasteiger partial charge in [-0.05, 0) is 243 Å². The van der Waals surface area contributed by atoms with E-state index in [0.717, 1.165) is 0 Å². The van der Waals surface area contributed by atoms with Crippen molar-refractivity contribution in [2.45, 2.75) is 204 Å². The summed E-state index contributed by atoms with van der Waals surface area (Å²) in [5, 5.41) is 15.3. The second-order valence-corrected chi connectivity index (χ2v) is 63.0. The fourth-order valence-corrected chi connectivity index (χ4v) is 98.3. The molecule has 9 aromatic carbocycles. The number of hydrogen-bond acceptors (Lipinski definition) is 0. The lowest BCUT2D eigenvalue weighted by atomic mass is 10.1. The summed E-state index contributed by atoms with van der Waals surface area (Å²) < 4.78 is 0. The van der Waals surface area contributed by atoms with Gasteiger partial charge in [0.2, 0.25) is 0 Å². The number of benzene rings is 9. The van der Waals surface area contributed by atoms with Crippen LogP contribution >= 0.6 is 0 Å². The van der Waals surface area contributed by atoms with E-state index in [9.17, 15) is 0 Å². The first-order chi connectivity index (χ1) is 42.1. The molecule has 9 rings (SSSR count). The molecule has 0 aliphatic carbocycles. The highest BCUT2D eigenvalue weighted by Crippen LogP contribution is 2.36. The summed E-state index contributed by atoms with van der Waals surface area (Å²) in [6.45, 7) is 66.6. The maximum Gasteiger partial charge on any atom is 0.147 e. The largest absolute Gasteiger partial charge is 0.147 e. The van der Waals surface area contributed by atoms with Crippen LogP contribution in [0.3, 0.4) is 0 Å². The number of rotatable bonds is 16. The Balaban J connectivity index is 1.60. The molecular weight excluding hydrogens is 1180 g/mol. The van der Waals surface area contributed by atoms with Gasteiger partial charge in [-0.25, -0.2) is 0 Å². The van der Waals surface area contributed by atoms with Gasteiger partial charge in [-0.15, -0.1) is 0 Å². The minimum Gasteiger partial charge on any atom is -0.0568 e. The lowest BCUT2D eigenvalue weighted by Gasteiger charge is -2.48. The highest BCUT2D eigenvalue weighted by molar-refractivity contribution is 7.50. The second kappa shape index (κ2) is 26.0. The monoisotopic (exact) mass is 1290 g/mol. The van der Waals surface area contributed by atoms with Gasteiger partial charge in [-0.1, -0.05) is 276 Å². The topological polar surface area (TPSA) is 0 Å². The highest BCUT2D eigenvalue weighted by atomic mass is 29.6. The molecule has 0 nitrogen and oxygen atoms in total. The summed E-state index contributed by atoms with van der Waals surface area (Å²) in [7, 11) is -12.2. The van der Waals surface area contributed by atoms with Gasteiger partial charge in [-0.2, -0.15) is 0 Å². The van der Waals surface area contributed by atoms with Crippen molar-refractivity contribution in [1.29, 1.82) is 0 Å². The maximum atomic E-state index is 2.59. The predicted octanol–water partition coefficient (Wildman–Crippen LogP) is 13.8. The third-order valence-corrected chi connectivity index (χ3v) is 75.4. The Morgan fingerprint density at radius 2 is 0.289 bits per heavy atom. The van der Waals surface area contributed by atoms with Crippen molar-refractivity contribution < 1.29 is 0 Å². The van der Waals surface area contributed by atoms with Gasteiger partial charge in [0.15, 0.2) is 0 Å². The highest BCUT2D eigenvalue weighted by Gasteiger charge is 2.55. The van der Waals surface area contributed by atoms with Gasteiger partial charge in [-0.3, -0.25) is 0 Å². The molecule has 0 spiro atoms. The molecule has 1 atom stereocenters. The summed E-state index contributed by atoms with van der Waals surface area (Å²) in [5.41, 5.74) is 43.2. The van der Waals surface area contributed by atoms with E-state index < -0.39 is 40.4 Å². The first-order valence-corrected chi connectivity index (χ1v) is 50.2. The van der Waals surface area contributed by atoms with E-state index in [4.69, 9.17) is 0 Å². The van der Waals surface area contributed by atoms with Crippen molar-refractivity contribution in [3.05, 3.63) is 259 Å². The molecule has 0 saturated heterocycles. The zero-order valence-electron chi connectivity index (χ0n) is 61.2. The first-order valence-electron chi connectivity index (χ1n) is 33.8. The van der Waals surface area contributed by atoms with Crippen molar-refractivity contribution in [2.75, 3.05) is 0 Å². The minimum atomic E-state index is -3.14. The second-order valence-electron chi connectivity index (χ2n) is 30.0. The van der Waals surface area contributed by atoms with E-state index in [1.54, 1.807) is 46.7 Å². The summed E-state index contributed by atoms with van der Waals surface area (Å²) in [6, 6.07) is 46.6. The molecule has 0 radical (unpaired) electrons. The standard InChI is InChI=1S/C84H110Si6/c1-49-28-58(10)76(59(11)29-49)88(77-60(12)30-50(2)31-61(77)13,78-62(14)32-51(3)33-63(78)15)46-86(47-89(79-64(16)34-52(4)35-65(79)17,80-66(18)36-53(5)37-67(80)19)81-68(20)38-54(6)39-69(81)21)87(85)48-90(82-70(22)40-55(7)41-71(82)23,83-72(24)42-56(8)43-73(83)25)84-74(26)44-57(9)45-75(84)27/h28-45,86-87H,46-48H2,1-27,85H3. The average molecular weight is 1290 g/mol. The van der Waals surface area contributed by atoms with Crippen LogP contribution in [-0.2, 0) is 0 Å². The van der Waals surface area contributed by atoms with Crippen molar-refractivity contribution in [3.63, 3.8) is 0 Å². The zero-order valence-corrected chi connectivity index (χ0v) is 68.5. The van der Waals surface area contributed by atoms with Gasteiger partial charge in [0.05, 0.1) is 0 Å². The summed E-state index contributed by atoms with van der Waals surface area (Å²) in [6.07, 6.45) is 0. The van der Waals surface area contributed by atoms with E-state index in [-0.39, 0.29) is 0 Å². The lowest BCUT2D eigenvalue weighted by Crippen LogP contribution is -2.78. The fraction of sp³-hybridized carbons (Fsp3) is 0.357. The van der Waals surface area contributed by atoms with Crippen LogP contribution in [-0.4, -0.2) is 50.1 Å². The molecule has 0 aliphatic rings. The average Bonchev–Trinajstić information content (AvgIpc) is 0.719. The van der Waals surface area contributed by atoms with Gasteiger partial charge in [0.25, 0.3) is 0 Å². The lowest BCUT2D eigenvalue weighted by molar-refractivity contribution is 1.30. The van der Waals surface area contributed by atoms with E-state index in [1.807, 2.05) is 0 Å². The normalized spacial score (nSPS) is 12.7. The third-order valence-electron chi connectivity index (χ3n) is 21.5. The molecule has 0 N–H and O–H groups in total. The molecule has 0 aliphatic heterocycles. The minimum absolute atomic E-state index is 1.20. The Labute approximate surface area is 556 Å². The Hall–Kier alpha value is -5.72. The van der Waals surface area contributed by atoms with Crippen molar-refractivity contribution in [3.8, 4) is 0 Å². The quantitative estimate of drug-likeness (QED) is 0.0668. The van der Waals surface area contributed by atoms with Crippen LogP contribution in [0.1, 0.15) is 150 Å². The first kappa shape index (κ1) is 68.6. The van der Waals surface area contributed by atoms with Crippen LogP contribution in [0.2, 0.25) is 17.0 Å². The molecule has 470 valence electrons. The molecule has 1 unspecified atom stereocenters. The fourth-order valence-electron chi connectivity index (χ4n) is 20.6. The van der Waals surface area contributed by atoms with Gasteiger partial charge in [0.1, 0.15) is 24.2 Å². The van der Waals surface area contributed by atoms with E-state index >= 15 is 0 Å². The Kier molecular flexibility index (Phi) is 19.8. The van der Waals surface area contributed by atoms with Crippen molar-refractivity contribution in [2.24, 2.45) is 0 Å². The van der Waals surface area contributed by atoms with Crippen molar-refractivity contribution >= 4 is 96.8 Å². The van der Waals surface area contributed by atoms with E-state index in [2.05, 4.69) is 296 Å². The molecule has 0 saturated carbocycles. The number of hydrogen-bond donors (Lipinski definition) is 0. The van der Waals surface area contributed by atoms with Crippen LogP contribution in [0.25, 0.3) is 0 Å². The predicted molar refractivity (Wildman–Crippen MR) is 419 cm³/mol. The third kappa shape index (κ3) is 12.2. The Bertz CT molecular complexity index is 3530. The Morgan fingerprint density at radius 3 is 0.400 bits per heavy atom. The molecule has 0 aromatic heterocycles. The van der Waals surface area contributed by atoms with Crippen LogP contribution in [0.15, 0.2) is 109 Å². The smallest absolute Gasteiger partial charge is 0.0568 e. The van der Waals surface area contributed by atoms with E-state index in [1.165, 1.54) is 177 Å². The molecule has 9 aromatic rings. The maximum absolute atomic E-state index is 3.14. The van der Waals surface area contributed by atoms with Crippen LogP contribution in [0.4, 0.5) is 0 Å². The molecule has 0 fully saturated rings. The molecule has 6 heteroatoms. The van der Waals surface area contributed by atoms with E-state index in [0.29, 0.717) is 0 Å². The van der Waals surface area contributed by atoms with Crippen LogP contribution < -0.4 is 46.7 Å². The van der Waals surface area contributed by atoms with Gasteiger partial charge >= 0.3 is 0 Å². The number of aryl methyl sites for hydroxylation is 27. The SMILES string of the molecule is Cc1cc(C)c([Si](C[SiH]([SiH3])[SiH](C[Si](c2c(C)cc(C)cc2C)(c2c(C)cc(C)cc2C)c2c(C)cc(C)cc2C)C[Si](c2c(C)cc(C)cc2C)(c2c(C)cc(C)cc2C)c2c(C)cc(C)cc2C)(c2c(C)cc(C)cc2C)c2c(C)cc(C)cc2C)c(C)c1. The molecule has 0 bridgehead atoms. The molecule has 90 heavy (non-hydrogen) atoms. The zero-order chi connectivity index (χ0) is 66.3. The summed E-state index contributed by atoms with van der Waals surface area (Å²) >= 11 is 0. The summed E-state index contributed by atoms with van der Waals surface area (Å²) in [4.78, 5) is 0. The van der Waals surface area contributed by atoms with Crippen LogP contribution in [0, 0.1) is 187 Å². The van der Waals surface area contributed by atoms with Gasteiger partial charge < -0.3 is 0 Å². The Morgan fingerprint density at radius 1 is 0.189 bits per heavy atom. The molecule has 0 heterocycles. The van der Waals surface area contributed by atoms with Crippen LogP contribution in [0.5, 0.6) is 0 Å². The molecular formula is C84H110Si6. The van der Waals surface area contributed by atoms with Crippen molar-refractivity contribution in [1.82, 2.24) is 0 Å². The molecule has 0 amide bonds. The summed E-state index contributed by atoms with van der Waals surface area (Å²) in [5.74, 6) is 0. The van der Waals surface area contributed by atoms with Gasteiger partial charge in [0, 0.05) is 16.1 Å².